The fourth-order valence-corrected chi connectivity index (χ4v) is 3.08. The number of ether oxygens (including phenoxy) is 2. The Morgan fingerprint density at radius 2 is 1.77 bits per heavy atom. The van der Waals surface area contributed by atoms with E-state index in [9.17, 15) is 13.2 Å². The molecule has 0 spiro atoms. The van der Waals surface area contributed by atoms with Gasteiger partial charge in [0, 0.05) is 0 Å². The van der Waals surface area contributed by atoms with Crippen molar-refractivity contribution in [3.8, 4) is 11.5 Å². The van der Waals surface area contributed by atoms with Crippen molar-refractivity contribution in [2.75, 3.05) is 32.8 Å². The highest BCUT2D eigenvalue weighted by Gasteiger charge is 2.37. The van der Waals surface area contributed by atoms with Crippen molar-refractivity contribution in [3.63, 3.8) is 0 Å². The summed E-state index contributed by atoms with van der Waals surface area (Å²) in [4.78, 5) is 2.36. The number of fused-ring (bicyclic) bond motifs is 1. The molecular formula is C16H20F3NO2. The van der Waals surface area contributed by atoms with E-state index in [-0.39, 0.29) is 18.1 Å². The molecule has 0 atom stereocenters. The lowest BCUT2D eigenvalue weighted by atomic mass is 10.0. The first-order chi connectivity index (χ1) is 10.5. The first-order valence-electron chi connectivity index (χ1n) is 7.76. The van der Waals surface area contributed by atoms with Gasteiger partial charge in [-0.25, -0.2) is 0 Å². The molecule has 2 heterocycles. The lowest BCUT2D eigenvalue weighted by Crippen LogP contribution is -2.21. The summed E-state index contributed by atoms with van der Waals surface area (Å²) in [6.45, 7) is 3.60. The van der Waals surface area contributed by atoms with Crippen molar-refractivity contribution in [1.29, 1.82) is 0 Å². The molecule has 0 unspecified atom stereocenters. The van der Waals surface area contributed by atoms with Crippen LogP contribution >= 0.6 is 0 Å². The van der Waals surface area contributed by atoms with Crippen LogP contribution < -0.4 is 9.47 Å². The van der Waals surface area contributed by atoms with Crippen molar-refractivity contribution in [2.24, 2.45) is 0 Å². The zero-order valence-electron chi connectivity index (χ0n) is 12.4. The van der Waals surface area contributed by atoms with Crippen LogP contribution in [0.3, 0.4) is 0 Å². The second kappa shape index (κ2) is 6.36. The van der Waals surface area contributed by atoms with E-state index in [4.69, 9.17) is 9.47 Å². The second-order valence-corrected chi connectivity index (χ2v) is 5.82. The van der Waals surface area contributed by atoms with Crippen LogP contribution in [0, 0.1) is 0 Å². The zero-order chi connectivity index (χ0) is 15.6. The number of halogens is 3. The Balaban J connectivity index is 1.73. The average molecular weight is 315 g/mol. The minimum atomic E-state index is -4.42. The molecule has 0 amide bonds. The van der Waals surface area contributed by atoms with Gasteiger partial charge >= 0.3 is 6.18 Å². The minimum Gasteiger partial charge on any atom is -0.486 e. The third kappa shape index (κ3) is 3.48. The predicted molar refractivity (Wildman–Crippen MR) is 76.4 cm³/mol. The molecule has 122 valence electrons. The fourth-order valence-electron chi connectivity index (χ4n) is 3.08. The van der Waals surface area contributed by atoms with Crippen LogP contribution in [-0.4, -0.2) is 37.7 Å². The van der Waals surface area contributed by atoms with E-state index >= 15 is 0 Å². The molecule has 0 radical (unpaired) electrons. The van der Waals surface area contributed by atoms with Gasteiger partial charge < -0.3 is 14.4 Å². The molecule has 0 N–H and O–H groups in total. The molecule has 3 rings (SSSR count). The van der Waals surface area contributed by atoms with Crippen LogP contribution in [0.15, 0.2) is 12.1 Å². The van der Waals surface area contributed by atoms with E-state index in [0.29, 0.717) is 18.6 Å². The number of aryl methyl sites for hydroxylation is 1. The van der Waals surface area contributed by atoms with Crippen molar-refractivity contribution < 1.29 is 22.6 Å². The van der Waals surface area contributed by atoms with Crippen molar-refractivity contribution in [3.05, 3.63) is 23.3 Å². The molecule has 1 saturated heterocycles. The highest BCUT2D eigenvalue weighted by atomic mass is 19.4. The summed E-state index contributed by atoms with van der Waals surface area (Å²) in [5.41, 5.74) is -0.0587. The van der Waals surface area contributed by atoms with Gasteiger partial charge in [-0.3, -0.25) is 0 Å². The average Bonchev–Trinajstić information content (AvgIpc) is 2.99. The topological polar surface area (TPSA) is 21.7 Å². The third-order valence-corrected chi connectivity index (χ3v) is 4.15. The molecule has 0 saturated carbocycles. The first kappa shape index (κ1) is 15.5. The van der Waals surface area contributed by atoms with Crippen LogP contribution in [0.4, 0.5) is 13.2 Å². The van der Waals surface area contributed by atoms with E-state index in [2.05, 4.69) is 4.90 Å². The molecule has 0 aromatic heterocycles. The van der Waals surface area contributed by atoms with Gasteiger partial charge in [-0.2, -0.15) is 13.2 Å². The summed E-state index contributed by atoms with van der Waals surface area (Å²) in [5, 5.41) is 0. The summed E-state index contributed by atoms with van der Waals surface area (Å²) >= 11 is 0. The molecule has 22 heavy (non-hydrogen) atoms. The SMILES string of the molecule is FC(F)(F)c1cc(CCCN2CCCC2)cc2c1OCCO2. The van der Waals surface area contributed by atoms with Crippen molar-refractivity contribution >= 4 is 0 Å². The lowest BCUT2D eigenvalue weighted by molar-refractivity contribution is -0.139. The van der Waals surface area contributed by atoms with Gasteiger partial charge in [0.15, 0.2) is 11.5 Å². The molecule has 0 aliphatic carbocycles. The summed E-state index contributed by atoms with van der Waals surface area (Å²) in [6, 6.07) is 2.89. The molecule has 1 aromatic carbocycles. The van der Waals surface area contributed by atoms with Gasteiger partial charge in [0.2, 0.25) is 0 Å². The normalized spacial score (nSPS) is 18.7. The first-order valence-corrected chi connectivity index (χ1v) is 7.76. The van der Waals surface area contributed by atoms with E-state index in [1.807, 2.05) is 0 Å². The molecule has 1 fully saturated rings. The summed E-state index contributed by atoms with van der Waals surface area (Å²) in [5.74, 6) is 0.0549. The molecule has 2 aliphatic rings. The number of nitrogens with zero attached hydrogens (tertiary/aromatic N) is 1. The van der Waals surface area contributed by atoms with Crippen LogP contribution in [0.25, 0.3) is 0 Å². The Hall–Kier alpha value is -1.43. The number of alkyl halides is 3. The maximum atomic E-state index is 13.2. The number of hydrogen-bond donors (Lipinski definition) is 0. The minimum absolute atomic E-state index is 0.157. The largest absolute Gasteiger partial charge is 0.486 e. The summed E-state index contributed by atoms with van der Waals surface area (Å²) in [6.07, 6.45) is -0.493. The lowest BCUT2D eigenvalue weighted by Gasteiger charge is -2.23. The smallest absolute Gasteiger partial charge is 0.420 e. The predicted octanol–water partition coefficient (Wildman–Crippen LogP) is 3.51. The standard InChI is InChI=1S/C16H20F3NO2/c17-16(18,19)13-10-12(4-3-7-20-5-1-2-6-20)11-14-15(13)22-9-8-21-14/h10-11H,1-9H2. The molecular weight excluding hydrogens is 295 g/mol. The van der Waals surface area contributed by atoms with Gasteiger partial charge in [0.1, 0.15) is 18.8 Å². The Morgan fingerprint density at radius 1 is 1.05 bits per heavy atom. The van der Waals surface area contributed by atoms with E-state index < -0.39 is 11.7 Å². The van der Waals surface area contributed by atoms with E-state index in [1.165, 1.54) is 18.9 Å². The van der Waals surface area contributed by atoms with Gasteiger partial charge in [-0.1, -0.05) is 0 Å². The van der Waals surface area contributed by atoms with Gasteiger partial charge in [-0.15, -0.1) is 0 Å². The highest BCUT2D eigenvalue weighted by molar-refractivity contribution is 5.51. The number of hydrogen-bond acceptors (Lipinski definition) is 3. The molecule has 2 aliphatic heterocycles. The van der Waals surface area contributed by atoms with Crippen LogP contribution in [0.5, 0.6) is 11.5 Å². The van der Waals surface area contributed by atoms with Gasteiger partial charge in [0.05, 0.1) is 0 Å². The summed E-state index contributed by atoms with van der Waals surface area (Å²) in [7, 11) is 0. The Labute approximate surface area is 128 Å². The van der Waals surface area contributed by atoms with Crippen LogP contribution in [-0.2, 0) is 12.6 Å². The van der Waals surface area contributed by atoms with E-state index in [1.54, 1.807) is 6.07 Å². The van der Waals surface area contributed by atoms with Gasteiger partial charge in [0.25, 0.3) is 0 Å². The van der Waals surface area contributed by atoms with Crippen LogP contribution in [0.2, 0.25) is 0 Å². The fraction of sp³-hybridized carbons (Fsp3) is 0.625. The molecule has 1 aromatic rings. The Bertz CT molecular complexity index is 525. The number of likely N-dealkylation sites (tertiary alicyclic amines) is 1. The van der Waals surface area contributed by atoms with Crippen molar-refractivity contribution in [1.82, 2.24) is 4.90 Å². The zero-order valence-corrected chi connectivity index (χ0v) is 12.4. The monoisotopic (exact) mass is 315 g/mol. The quantitative estimate of drug-likeness (QED) is 0.849. The maximum Gasteiger partial charge on any atom is 0.420 e. The number of rotatable bonds is 4. The Kier molecular flexibility index (Phi) is 4.47. The molecule has 3 nitrogen and oxygen atoms in total. The van der Waals surface area contributed by atoms with E-state index in [0.717, 1.165) is 26.1 Å². The van der Waals surface area contributed by atoms with Crippen molar-refractivity contribution in [2.45, 2.75) is 31.9 Å². The third-order valence-electron chi connectivity index (χ3n) is 4.15. The Morgan fingerprint density at radius 3 is 2.50 bits per heavy atom. The molecule has 6 heteroatoms. The molecule has 0 bridgehead atoms. The highest BCUT2D eigenvalue weighted by Crippen LogP contribution is 2.44. The van der Waals surface area contributed by atoms with Gasteiger partial charge in [-0.05, 0) is 63.0 Å². The van der Waals surface area contributed by atoms with Crippen LogP contribution in [0.1, 0.15) is 30.4 Å². The number of benzene rings is 1. The summed E-state index contributed by atoms with van der Waals surface area (Å²) < 4.78 is 50.1. The second-order valence-electron chi connectivity index (χ2n) is 5.82. The maximum absolute atomic E-state index is 13.2.